The molecule has 0 radical (unpaired) electrons. The normalized spacial score (nSPS) is 14.3. The van der Waals surface area contributed by atoms with Crippen LogP contribution < -0.4 is 0 Å². The van der Waals surface area contributed by atoms with Crippen molar-refractivity contribution in [2.75, 3.05) is 39.3 Å². The maximum Gasteiger partial charge on any atom is 0.126 e. The largest absolute Gasteiger partial charge is 0.301 e. The van der Waals surface area contributed by atoms with Gasteiger partial charge < -0.3 is 9.80 Å². The number of hydrogen-bond donors (Lipinski definition) is 0. The molecule has 1 aliphatic rings. The lowest BCUT2D eigenvalue weighted by atomic mass is 10.2. The van der Waals surface area contributed by atoms with E-state index in [1.165, 1.54) is 64.2 Å². The number of rotatable bonds is 4. The Morgan fingerprint density at radius 3 is 1.60 bits per heavy atom. The minimum absolute atomic E-state index is 0.521. The minimum atomic E-state index is -0.521. The van der Waals surface area contributed by atoms with Gasteiger partial charge in [0.1, 0.15) is 11.6 Å². The third-order valence-electron chi connectivity index (χ3n) is 3.75. The molecule has 2 nitrogen and oxygen atoms in total. The van der Waals surface area contributed by atoms with Gasteiger partial charge in [-0.2, -0.15) is 0 Å². The molecule has 1 fully saturated rings. The van der Waals surface area contributed by atoms with E-state index in [0.29, 0.717) is 5.56 Å². The van der Waals surface area contributed by atoms with Crippen LogP contribution >= 0.6 is 0 Å². The number of piperazine rings is 1. The van der Waals surface area contributed by atoms with Gasteiger partial charge in [-0.25, -0.2) is 8.78 Å². The number of aryl methyl sites for hydroxylation is 1. The molecule has 0 aromatic heterocycles. The monoisotopic (exact) mass is 358 g/mol. The Morgan fingerprint density at radius 1 is 0.800 bits per heavy atom. The fourth-order valence-corrected chi connectivity index (χ4v) is 2.40. The second kappa shape index (κ2) is 17.8. The van der Waals surface area contributed by atoms with Crippen LogP contribution in [-0.2, 0) is 0 Å². The van der Waals surface area contributed by atoms with Crippen molar-refractivity contribution >= 4 is 0 Å². The standard InChI is InChI=1S/C10H22N2.C7H6F2.2C2H6/c1-3-5-6-12-9-7-11(4-2)8-10-12;1-5-2-6(8)4-7(9)3-5;2*1-2/h3-10H2,1-2H3;2-4H,1H3;2*1-2H3. The van der Waals surface area contributed by atoms with Crippen LogP contribution in [0.2, 0.25) is 0 Å². The highest BCUT2D eigenvalue weighted by atomic mass is 19.1. The first-order valence-corrected chi connectivity index (χ1v) is 9.92. The number of halogens is 2. The Kier molecular flexibility index (Phi) is 18.7. The lowest BCUT2D eigenvalue weighted by Crippen LogP contribution is -2.46. The lowest BCUT2D eigenvalue weighted by molar-refractivity contribution is 0.136. The molecular formula is C21H40F2N2. The van der Waals surface area contributed by atoms with Gasteiger partial charge in [-0.1, -0.05) is 48.0 Å². The van der Waals surface area contributed by atoms with E-state index < -0.39 is 11.6 Å². The summed E-state index contributed by atoms with van der Waals surface area (Å²) in [5, 5.41) is 0. The second-order valence-electron chi connectivity index (χ2n) is 5.58. The third-order valence-corrected chi connectivity index (χ3v) is 3.75. The average Bonchev–Trinajstić information content (AvgIpc) is 2.63. The Balaban J connectivity index is 0. The Labute approximate surface area is 155 Å². The van der Waals surface area contributed by atoms with Crippen LogP contribution in [0.3, 0.4) is 0 Å². The van der Waals surface area contributed by atoms with Crippen LogP contribution in [0.5, 0.6) is 0 Å². The fraction of sp³-hybridized carbons (Fsp3) is 0.714. The smallest absolute Gasteiger partial charge is 0.126 e. The summed E-state index contributed by atoms with van der Waals surface area (Å²) in [6.45, 7) is 21.8. The molecule has 0 atom stereocenters. The van der Waals surface area contributed by atoms with Crippen LogP contribution in [0.25, 0.3) is 0 Å². The molecule has 1 aromatic carbocycles. The first kappa shape index (κ1) is 26.2. The van der Waals surface area contributed by atoms with E-state index in [2.05, 4.69) is 23.6 Å². The molecule has 0 spiro atoms. The average molecular weight is 359 g/mol. The molecule has 0 amide bonds. The van der Waals surface area contributed by atoms with E-state index in [-0.39, 0.29) is 0 Å². The lowest BCUT2D eigenvalue weighted by Gasteiger charge is -2.33. The summed E-state index contributed by atoms with van der Waals surface area (Å²) in [4.78, 5) is 5.12. The zero-order valence-corrected chi connectivity index (χ0v) is 17.5. The highest BCUT2D eigenvalue weighted by Crippen LogP contribution is 2.05. The molecule has 25 heavy (non-hydrogen) atoms. The number of nitrogens with zero attached hydrogens (tertiary/aromatic N) is 2. The highest BCUT2D eigenvalue weighted by molar-refractivity contribution is 5.15. The van der Waals surface area contributed by atoms with Crippen molar-refractivity contribution in [1.29, 1.82) is 0 Å². The number of benzene rings is 1. The number of hydrogen-bond acceptors (Lipinski definition) is 2. The highest BCUT2D eigenvalue weighted by Gasteiger charge is 2.13. The summed E-state index contributed by atoms with van der Waals surface area (Å²) in [6.07, 6.45) is 2.69. The van der Waals surface area contributed by atoms with Crippen LogP contribution in [-0.4, -0.2) is 49.1 Å². The predicted octanol–water partition coefficient (Wildman–Crippen LogP) is 5.75. The van der Waals surface area contributed by atoms with E-state index in [1.54, 1.807) is 6.92 Å². The molecule has 2 rings (SSSR count). The van der Waals surface area contributed by atoms with Crippen LogP contribution in [0.1, 0.15) is 59.9 Å². The molecule has 0 bridgehead atoms. The van der Waals surface area contributed by atoms with Gasteiger partial charge in [-0.15, -0.1) is 0 Å². The molecule has 148 valence electrons. The maximum atomic E-state index is 12.2. The van der Waals surface area contributed by atoms with Gasteiger partial charge in [0.2, 0.25) is 0 Å². The maximum absolute atomic E-state index is 12.2. The molecular weight excluding hydrogens is 318 g/mol. The van der Waals surface area contributed by atoms with Crippen molar-refractivity contribution in [1.82, 2.24) is 9.80 Å². The van der Waals surface area contributed by atoms with Crippen LogP contribution in [0.4, 0.5) is 8.78 Å². The van der Waals surface area contributed by atoms with Crippen molar-refractivity contribution in [2.24, 2.45) is 0 Å². The van der Waals surface area contributed by atoms with Gasteiger partial charge in [-0.3, -0.25) is 0 Å². The first-order chi connectivity index (χ1) is 12.0. The van der Waals surface area contributed by atoms with Crippen molar-refractivity contribution in [3.05, 3.63) is 35.4 Å². The SMILES string of the molecule is CC.CC.CCCCN1CCN(CC)CC1.Cc1cc(F)cc(F)c1. The van der Waals surface area contributed by atoms with E-state index in [0.717, 1.165) is 6.07 Å². The van der Waals surface area contributed by atoms with Gasteiger partial charge in [0.05, 0.1) is 0 Å². The molecule has 0 aliphatic carbocycles. The van der Waals surface area contributed by atoms with E-state index in [9.17, 15) is 8.78 Å². The Bertz CT molecular complexity index is 352. The molecule has 1 aliphatic heterocycles. The van der Waals surface area contributed by atoms with Crippen LogP contribution in [0.15, 0.2) is 18.2 Å². The van der Waals surface area contributed by atoms with Crippen LogP contribution in [0, 0.1) is 18.6 Å². The van der Waals surface area contributed by atoms with Gasteiger partial charge in [-0.05, 0) is 44.1 Å². The van der Waals surface area contributed by atoms with Gasteiger partial charge in [0.25, 0.3) is 0 Å². The summed E-state index contributed by atoms with van der Waals surface area (Å²) in [5.41, 5.74) is 0.604. The molecule has 1 heterocycles. The summed E-state index contributed by atoms with van der Waals surface area (Å²) in [7, 11) is 0. The summed E-state index contributed by atoms with van der Waals surface area (Å²) in [5.74, 6) is -1.04. The third kappa shape index (κ3) is 13.9. The number of likely N-dealkylation sites (N-methyl/N-ethyl adjacent to an activating group) is 1. The zero-order valence-electron chi connectivity index (χ0n) is 17.5. The topological polar surface area (TPSA) is 6.48 Å². The van der Waals surface area contributed by atoms with E-state index >= 15 is 0 Å². The quantitative estimate of drug-likeness (QED) is 0.676. The van der Waals surface area contributed by atoms with Gasteiger partial charge in [0.15, 0.2) is 0 Å². The van der Waals surface area contributed by atoms with Crippen molar-refractivity contribution in [2.45, 2.75) is 61.3 Å². The molecule has 1 aromatic rings. The van der Waals surface area contributed by atoms with Gasteiger partial charge >= 0.3 is 0 Å². The first-order valence-electron chi connectivity index (χ1n) is 9.92. The molecule has 0 unspecified atom stereocenters. The summed E-state index contributed by atoms with van der Waals surface area (Å²) < 4.78 is 24.4. The summed E-state index contributed by atoms with van der Waals surface area (Å²) in [6, 6.07) is 3.42. The Morgan fingerprint density at radius 2 is 1.24 bits per heavy atom. The van der Waals surface area contributed by atoms with Crippen molar-refractivity contribution in [3.8, 4) is 0 Å². The Hall–Kier alpha value is -1.00. The molecule has 0 saturated carbocycles. The van der Waals surface area contributed by atoms with Crippen molar-refractivity contribution in [3.63, 3.8) is 0 Å². The fourth-order valence-electron chi connectivity index (χ4n) is 2.40. The van der Waals surface area contributed by atoms with E-state index in [1.807, 2.05) is 27.7 Å². The molecule has 1 saturated heterocycles. The zero-order chi connectivity index (χ0) is 19.7. The minimum Gasteiger partial charge on any atom is -0.301 e. The second-order valence-corrected chi connectivity index (χ2v) is 5.58. The van der Waals surface area contributed by atoms with Crippen molar-refractivity contribution < 1.29 is 8.78 Å². The predicted molar refractivity (Wildman–Crippen MR) is 107 cm³/mol. The molecule has 0 N–H and O–H groups in total. The van der Waals surface area contributed by atoms with E-state index in [4.69, 9.17) is 0 Å². The molecule has 4 heteroatoms. The number of unbranched alkanes of at least 4 members (excludes halogenated alkanes) is 1. The summed E-state index contributed by atoms with van der Waals surface area (Å²) >= 11 is 0. The van der Waals surface area contributed by atoms with Gasteiger partial charge in [0, 0.05) is 32.2 Å².